The van der Waals surface area contributed by atoms with Gasteiger partial charge in [-0.05, 0) is 66.8 Å². The van der Waals surface area contributed by atoms with Crippen LogP contribution in [0.15, 0.2) is 85.3 Å². The highest BCUT2D eigenvalue weighted by atomic mass is 19.1. The summed E-state index contributed by atoms with van der Waals surface area (Å²) in [6.07, 6.45) is 10.5. The Morgan fingerprint density at radius 3 is 2.58 bits per heavy atom. The largest absolute Gasteiger partial charge is 0.338 e. The van der Waals surface area contributed by atoms with Crippen LogP contribution in [-0.4, -0.2) is 38.8 Å². The highest BCUT2D eigenvalue weighted by Crippen LogP contribution is 2.35. The van der Waals surface area contributed by atoms with E-state index in [2.05, 4.69) is 29.0 Å². The second-order valence-electron chi connectivity index (χ2n) is 9.05. The van der Waals surface area contributed by atoms with Gasteiger partial charge in [-0.15, -0.1) is 0 Å². The van der Waals surface area contributed by atoms with E-state index in [0.29, 0.717) is 18.9 Å². The molecular weight excluding hydrogens is 451 g/mol. The van der Waals surface area contributed by atoms with Gasteiger partial charge in [0.2, 0.25) is 5.91 Å². The first-order chi connectivity index (χ1) is 17.6. The number of benzene rings is 2. The lowest BCUT2D eigenvalue weighted by atomic mass is 9.88. The lowest BCUT2D eigenvalue weighted by Crippen LogP contribution is -2.38. The van der Waals surface area contributed by atoms with Crippen LogP contribution in [0, 0.1) is 12.7 Å². The standard InChI is InChI=1S/C30H27FN4O/c1-21-5-2-3-7-26(21)27-19-33-30(23-14-16-32-17-15-23)34-29(27)24-6-4-18-35(20-24)28(36)13-10-22-8-11-25(31)12-9-22/h2-3,5,7-17,19,24H,4,6,18,20H2,1H3/b13-10+. The molecule has 1 amide bonds. The minimum Gasteiger partial charge on any atom is -0.338 e. The van der Waals surface area contributed by atoms with E-state index in [-0.39, 0.29) is 17.6 Å². The van der Waals surface area contributed by atoms with Gasteiger partial charge in [0.05, 0.1) is 5.69 Å². The van der Waals surface area contributed by atoms with Crippen LogP contribution < -0.4 is 0 Å². The summed E-state index contributed by atoms with van der Waals surface area (Å²) in [6, 6.07) is 18.2. The molecule has 1 unspecified atom stereocenters. The van der Waals surface area contributed by atoms with Crippen LogP contribution in [0.3, 0.4) is 0 Å². The maximum absolute atomic E-state index is 13.2. The summed E-state index contributed by atoms with van der Waals surface area (Å²) in [5.74, 6) is 0.396. The summed E-state index contributed by atoms with van der Waals surface area (Å²) in [5, 5.41) is 0. The second kappa shape index (κ2) is 10.6. The van der Waals surface area contributed by atoms with Gasteiger partial charge in [-0.3, -0.25) is 9.78 Å². The summed E-state index contributed by atoms with van der Waals surface area (Å²) in [7, 11) is 0. The Bertz CT molecular complexity index is 1390. The van der Waals surface area contributed by atoms with E-state index in [9.17, 15) is 9.18 Å². The van der Waals surface area contributed by atoms with E-state index in [4.69, 9.17) is 4.98 Å². The fourth-order valence-electron chi connectivity index (χ4n) is 4.68. The van der Waals surface area contributed by atoms with Gasteiger partial charge in [0.25, 0.3) is 0 Å². The number of carbonyl (C=O) groups is 1. The van der Waals surface area contributed by atoms with Gasteiger partial charge < -0.3 is 4.90 Å². The molecule has 1 saturated heterocycles. The molecule has 2 aromatic heterocycles. The molecule has 1 atom stereocenters. The Labute approximate surface area is 210 Å². The van der Waals surface area contributed by atoms with E-state index >= 15 is 0 Å². The molecule has 5 nitrogen and oxygen atoms in total. The molecule has 0 spiro atoms. The molecule has 0 bridgehead atoms. The molecule has 0 aliphatic carbocycles. The van der Waals surface area contributed by atoms with Crippen molar-refractivity contribution in [2.45, 2.75) is 25.7 Å². The summed E-state index contributed by atoms with van der Waals surface area (Å²) < 4.78 is 13.2. The molecule has 5 rings (SSSR count). The van der Waals surface area contributed by atoms with Crippen molar-refractivity contribution >= 4 is 12.0 Å². The van der Waals surface area contributed by atoms with Crippen molar-refractivity contribution in [2.75, 3.05) is 13.1 Å². The van der Waals surface area contributed by atoms with Gasteiger partial charge in [0.1, 0.15) is 5.82 Å². The highest BCUT2D eigenvalue weighted by Gasteiger charge is 2.28. The van der Waals surface area contributed by atoms with E-state index in [0.717, 1.165) is 46.4 Å². The van der Waals surface area contributed by atoms with Crippen molar-refractivity contribution in [2.24, 2.45) is 0 Å². The predicted octanol–water partition coefficient (Wildman–Crippen LogP) is 6.07. The van der Waals surface area contributed by atoms with Crippen molar-refractivity contribution in [3.8, 4) is 22.5 Å². The average molecular weight is 479 g/mol. The van der Waals surface area contributed by atoms with Gasteiger partial charge in [0, 0.05) is 54.8 Å². The number of pyridine rings is 1. The number of halogens is 1. The third-order valence-corrected chi connectivity index (χ3v) is 6.60. The van der Waals surface area contributed by atoms with Gasteiger partial charge in [0.15, 0.2) is 5.82 Å². The van der Waals surface area contributed by atoms with Crippen LogP contribution in [0.1, 0.15) is 35.6 Å². The number of hydrogen-bond acceptors (Lipinski definition) is 4. The number of hydrogen-bond donors (Lipinski definition) is 0. The Hall–Kier alpha value is -4.19. The number of aryl methyl sites for hydroxylation is 1. The highest BCUT2D eigenvalue weighted by molar-refractivity contribution is 5.92. The normalized spacial score (nSPS) is 15.8. The lowest BCUT2D eigenvalue weighted by Gasteiger charge is -2.33. The number of rotatable bonds is 5. The maximum atomic E-state index is 13.2. The Morgan fingerprint density at radius 1 is 1.03 bits per heavy atom. The van der Waals surface area contributed by atoms with Crippen molar-refractivity contribution in [3.05, 3.63) is 108 Å². The first kappa shape index (κ1) is 23.5. The summed E-state index contributed by atoms with van der Waals surface area (Å²) in [4.78, 5) is 28.8. The quantitative estimate of drug-likeness (QED) is 0.327. The number of carbonyl (C=O) groups excluding carboxylic acids is 1. The van der Waals surface area contributed by atoms with Crippen LogP contribution in [0.5, 0.6) is 0 Å². The first-order valence-corrected chi connectivity index (χ1v) is 12.1. The monoisotopic (exact) mass is 478 g/mol. The van der Waals surface area contributed by atoms with E-state index in [1.165, 1.54) is 12.1 Å². The average Bonchev–Trinajstić information content (AvgIpc) is 2.93. The molecule has 1 aliphatic heterocycles. The van der Waals surface area contributed by atoms with Gasteiger partial charge in [-0.1, -0.05) is 36.4 Å². The summed E-state index contributed by atoms with van der Waals surface area (Å²) in [5.41, 5.74) is 5.93. The molecule has 0 saturated carbocycles. The van der Waals surface area contributed by atoms with Crippen molar-refractivity contribution in [1.29, 1.82) is 0 Å². The van der Waals surface area contributed by atoms with Crippen LogP contribution in [-0.2, 0) is 4.79 Å². The Kier molecular flexibility index (Phi) is 6.94. The third-order valence-electron chi connectivity index (χ3n) is 6.60. The van der Waals surface area contributed by atoms with Crippen molar-refractivity contribution in [3.63, 3.8) is 0 Å². The van der Waals surface area contributed by atoms with Crippen molar-refractivity contribution in [1.82, 2.24) is 19.9 Å². The van der Waals surface area contributed by atoms with Crippen LogP contribution >= 0.6 is 0 Å². The number of piperidine rings is 1. The number of aromatic nitrogens is 3. The lowest BCUT2D eigenvalue weighted by molar-refractivity contribution is -0.127. The fraction of sp³-hybridized carbons (Fsp3) is 0.200. The van der Waals surface area contributed by atoms with E-state index < -0.39 is 0 Å². The first-order valence-electron chi connectivity index (χ1n) is 12.1. The topological polar surface area (TPSA) is 59.0 Å². The smallest absolute Gasteiger partial charge is 0.246 e. The van der Waals surface area contributed by atoms with E-state index in [1.54, 1.807) is 36.7 Å². The molecule has 1 aliphatic rings. The Balaban J connectivity index is 1.46. The van der Waals surface area contributed by atoms with Gasteiger partial charge >= 0.3 is 0 Å². The molecule has 2 aromatic carbocycles. The van der Waals surface area contributed by atoms with Gasteiger partial charge in [-0.2, -0.15) is 0 Å². The fourth-order valence-corrected chi connectivity index (χ4v) is 4.68. The van der Waals surface area contributed by atoms with Crippen LogP contribution in [0.25, 0.3) is 28.6 Å². The molecule has 4 aromatic rings. The number of amides is 1. The molecule has 180 valence electrons. The number of nitrogens with zero attached hydrogens (tertiary/aromatic N) is 4. The minimum absolute atomic E-state index is 0.0510. The molecule has 0 N–H and O–H groups in total. The predicted molar refractivity (Wildman–Crippen MR) is 139 cm³/mol. The second-order valence-corrected chi connectivity index (χ2v) is 9.05. The zero-order valence-corrected chi connectivity index (χ0v) is 20.1. The van der Waals surface area contributed by atoms with E-state index in [1.807, 2.05) is 35.4 Å². The molecular formula is C30H27FN4O. The molecule has 36 heavy (non-hydrogen) atoms. The summed E-state index contributed by atoms with van der Waals surface area (Å²) in [6.45, 7) is 3.37. The van der Waals surface area contributed by atoms with Crippen molar-refractivity contribution < 1.29 is 9.18 Å². The molecule has 3 heterocycles. The Morgan fingerprint density at radius 2 is 1.81 bits per heavy atom. The minimum atomic E-state index is -0.294. The molecule has 6 heteroatoms. The SMILES string of the molecule is Cc1ccccc1-c1cnc(-c2ccncc2)nc1C1CCCN(C(=O)/C=C/c2ccc(F)cc2)C1. The molecule has 1 fully saturated rings. The number of likely N-dealkylation sites (tertiary alicyclic amines) is 1. The van der Waals surface area contributed by atoms with Crippen LogP contribution in [0.4, 0.5) is 4.39 Å². The molecule has 0 radical (unpaired) electrons. The zero-order chi connectivity index (χ0) is 24.9. The summed E-state index contributed by atoms with van der Waals surface area (Å²) >= 11 is 0. The van der Waals surface area contributed by atoms with Crippen LogP contribution in [0.2, 0.25) is 0 Å². The third kappa shape index (κ3) is 5.23. The zero-order valence-electron chi connectivity index (χ0n) is 20.1. The van der Waals surface area contributed by atoms with Gasteiger partial charge in [-0.25, -0.2) is 14.4 Å². The maximum Gasteiger partial charge on any atom is 0.246 e.